The van der Waals surface area contributed by atoms with Crippen LogP contribution in [-0.4, -0.2) is 7.05 Å². The summed E-state index contributed by atoms with van der Waals surface area (Å²) in [6.45, 7) is 2.22. The number of allylic oxidation sites excluding steroid dienone is 1. The van der Waals surface area contributed by atoms with Crippen LogP contribution < -0.4 is 5.32 Å². The molecule has 0 aromatic carbocycles. The Morgan fingerprint density at radius 3 is 2.87 bits per heavy atom. The summed E-state index contributed by atoms with van der Waals surface area (Å²) in [7, 11) is 2.06. The van der Waals surface area contributed by atoms with E-state index in [1.54, 1.807) is 5.57 Å². The van der Waals surface area contributed by atoms with Gasteiger partial charge < -0.3 is 5.32 Å². The van der Waals surface area contributed by atoms with Crippen molar-refractivity contribution >= 4 is 11.3 Å². The molecule has 0 radical (unpaired) electrons. The van der Waals surface area contributed by atoms with Crippen LogP contribution in [0.1, 0.15) is 42.0 Å². The summed E-state index contributed by atoms with van der Waals surface area (Å²) in [5.74, 6) is 0. The predicted molar refractivity (Wildman–Crippen MR) is 67.4 cm³/mol. The highest BCUT2D eigenvalue weighted by molar-refractivity contribution is 7.12. The van der Waals surface area contributed by atoms with Crippen LogP contribution in [0.15, 0.2) is 23.8 Å². The SMILES string of the molecule is CCc1ccc(C(NC)C2=CCCC2)s1. The molecule has 0 fully saturated rings. The Morgan fingerprint density at radius 1 is 1.47 bits per heavy atom. The van der Waals surface area contributed by atoms with Gasteiger partial charge in [0.2, 0.25) is 0 Å². The Kier molecular flexibility index (Phi) is 3.60. The zero-order chi connectivity index (χ0) is 10.7. The van der Waals surface area contributed by atoms with Crippen LogP contribution in [0, 0.1) is 0 Å². The third kappa shape index (κ3) is 2.32. The first-order valence-electron chi connectivity index (χ1n) is 5.80. The van der Waals surface area contributed by atoms with Gasteiger partial charge in [0.05, 0.1) is 6.04 Å². The molecule has 0 bridgehead atoms. The molecule has 15 heavy (non-hydrogen) atoms. The highest BCUT2D eigenvalue weighted by Gasteiger charge is 2.18. The molecular weight excluding hydrogens is 202 g/mol. The number of thiophene rings is 1. The van der Waals surface area contributed by atoms with E-state index in [1.807, 2.05) is 11.3 Å². The summed E-state index contributed by atoms with van der Waals surface area (Å²) in [6.07, 6.45) is 7.43. The normalized spacial score (nSPS) is 17.9. The molecule has 1 aliphatic carbocycles. The van der Waals surface area contributed by atoms with Gasteiger partial charge in [-0.25, -0.2) is 0 Å². The molecular formula is C13H19NS. The third-order valence-corrected chi connectivity index (χ3v) is 4.35. The van der Waals surface area contributed by atoms with E-state index in [-0.39, 0.29) is 0 Å². The molecule has 0 saturated carbocycles. The van der Waals surface area contributed by atoms with E-state index in [4.69, 9.17) is 0 Å². The van der Waals surface area contributed by atoms with Crippen molar-refractivity contribution in [1.29, 1.82) is 0 Å². The monoisotopic (exact) mass is 221 g/mol. The molecule has 1 heterocycles. The van der Waals surface area contributed by atoms with Crippen molar-refractivity contribution in [2.24, 2.45) is 0 Å². The number of aryl methyl sites for hydroxylation is 1. The Labute approximate surface area is 96.2 Å². The highest BCUT2D eigenvalue weighted by Crippen LogP contribution is 2.33. The van der Waals surface area contributed by atoms with Crippen molar-refractivity contribution in [2.75, 3.05) is 7.05 Å². The van der Waals surface area contributed by atoms with E-state index >= 15 is 0 Å². The van der Waals surface area contributed by atoms with Gasteiger partial charge in [-0.3, -0.25) is 0 Å². The number of nitrogens with one attached hydrogen (secondary N) is 1. The lowest BCUT2D eigenvalue weighted by Crippen LogP contribution is -2.16. The zero-order valence-electron chi connectivity index (χ0n) is 9.55. The maximum atomic E-state index is 3.44. The fraction of sp³-hybridized carbons (Fsp3) is 0.538. The lowest BCUT2D eigenvalue weighted by molar-refractivity contribution is 0.666. The first-order chi connectivity index (χ1) is 7.35. The summed E-state index contributed by atoms with van der Waals surface area (Å²) < 4.78 is 0. The highest BCUT2D eigenvalue weighted by atomic mass is 32.1. The van der Waals surface area contributed by atoms with Crippen LogP contribution in [0.25, 0.3) is 0 Å². The summed E-state index contributed by atoms with van der Waals surface area (Å²) in [5.41, 5.74) is 1.59. The lowest BCUT2D eigenvalue weighted by Gasteiger charge is -2.15. The zero-order valence-corrected chi connectivity index (χ0v) is 10.4. The molecule has 1 aromatic heterocycles. The van der Waals surface area contributed by atoms with Crippen LogP contribution in [0.2, 0.25) is 0 Å². The Morgan fingerprint density at radius 2 is 2.33 bits per heavy atom. The number of hydrogen-bond acceptors (Lipinski definition) is 2. The van der Waals surface area contributed by atoms with Crippen LogP contribution in [0.5, 0.6) is 0 Å². The van der Waals surface area contributed by atoms with Gasteiger partial charge >= 0.3 is 0 Å². The first kappa shape index (κ1) is 10.9. The van der Waals surface area contributed by atoms with Crippen LogP contribution >= 0.6 is 11.3 Å². The molecule has 1 unspecified atom stereocenters. The second-order valence-corrected chi connectivity index (χ2v) is 5.25. The molecule has 0 aliphatic heterocycles. The predicted octanol–water partition coefficient (Wildman–Crippen LogP) is 3.68. The molecule has 0 amide bonds. The molecule has 0 spiro atoms. The molecule has 2 rings (SSSR count). The van der Waals surface area contributed by atoms with E-state index in [1.165, 1.54) is 29.0 Å². The van der Waals surface area contributed by atoms with Gasteiger partial charge in [0.15, 0.2) is 0 Å². The fourth-order valence-electron chi connectivity index (χ4n) is 2.21. The van der Waals surface area contributed by atoms with Crippen molar-refractivity contribution in [2.45, 2.75) is 38.6 Å². The molecule has 1 atom stereocenters. The first-order valence-corrected chi connectivity index (χ1v) is 6.61. The van der Waals surface area contributed by atoms with Gasteiger partial charge in [-0.15, -0.1) is 11.3 Å². The van der Waals surface area contributed by atoms with Gasteiger partial charge in [-0.2, -0.15) is 0 Å². The quantitative estimate of drug-likeness (QED) is 0.765. The Bertz CT molecular complexity index is 351. The van der Waals surface area contributed by atoms with Crippen LogP contribution in [-0.2, 0) is 6.42 Å². The second kappa shape index (κ2) is 4.95. The van der Waals surface area contributed by atoms with Crippen molar-refractivity contribution in [3.8, 4) is 0 Å². The average molecular weight is 221 g/mol. The number of rotatable bonds is 4. The standard InChI is InChI=1S/C13H19NS/c1-3-11-8-9-12(15-11)13(14-2)10-6-4-5-7-10/h6,8-9,13-14H,3-5,7H2,1-2H3. The Balaban J connectivity index is 2.18. The smallest absolute Gasteiger partial charge is 0.0628 e. The summed E-state index contributed by atoms with van der Waals surface area (Å²) >= 11 is 1.95. The van der Waals surface area contributed by atoms with E-state index < -0.39 is 0 Å². The van der Waals surface area contributed by atoms with E-state index in [9.17, 15) is 0 Å². The fourth-order valence-corrected chi connectivity index (χ4v) is 3.31. The van der Waals surface area contributed by atoms with Crippen molar-refractivity contribution in [3.05, 3.63) is 33.5 Å². The van der Waals surface area contributed by atoms with E-state index in [0.29, 0.717) is 6.04 Å². The molecule has 82 valence electrons. The number of likely N-dealkylation sites (N-methyl/N-ethyl adjacent to an activating group) is 1. The van der Waals surface area contributed by atoms with Crippen LogP contribution in [0.3, 0.4) is 0 Å². The van der Waals surface area contributed by atoms with Gasteiger partial charge in [0.25, 0.3) is 0 Å². The maximum Gasteiger partial charge on any atom is 0.0628 e. The minimum absolute atomic E-state index is 0.470. The molecule has 0 saturated heterocycles. The molecule has 1 nitrogen and oxygen atoms in total. The largest absolute Gasteiger partial charge is 0.309 e. The summed E-state index contributed by atoms with van der Waals surface area (Å²) in [6, 6.07) is 5.02. The van der Waals surface area contributed by atoms with E-state index in [0.717, 1.165) is 6.42 Å². The van der Waals surface area contributed by atoms with Gasteiger partial charge in [0.1, 0.15) is 0 Å². The van der Waals surface area contributed by atoms with Crippen molar-refractivity contribution < 1.29 is 0 Å². The Hall–Kier alpha value is -0.600. The topological polar surface area (TPSA) is 12.0 Å². The van der Waals surface area contributed by atoms with Gasteiger partial charge in [0, 0.05) is 9.75 Å². The minimum atomic E-state index is 0.470. The molecule has 1 aromatic rings. The minimum Gasteiger partial charge on any atom is -0.309 e. The second-order valence-electron chi connectivity index (χ2n) is 4.05. The van der Waals surface area contributed by atoms with Crippen molar-refractivity contribution in [3.63, 3.8) is 0 Å². The van der Waals surface area contributed by atoms with Crippen LogP contribution in [0.4, 0.5) is 0 Å². The number of hydrogen-bond donors (Lipinski definition) is 1. The third-order valence-electron chi connectivity index (χ3n) is 3.05. The van der Waals surface area contributed by atoms with Gasteiger partial charge in [-0.05, 0) is 44.9 Å². The molecule has 1 aliphatic rings. The van der Waals surface area contributed by atoms with Gasteiger partial charge in [-0.1, -0.05) is 18.6 Å². The molecule has 1 N–H and O–H groups in total. The lowest BCUT2D eigenvalue weighted by atomic mass is 10.1. The summed E-state index contributed by atoms with van der Waals surface area (Å²) in [5, 5.41) is 3.44. The maximum absolute atomic E-state index is 3.44. The average Bonchev–Trinajstić information content (AvgIpc) is 2.89. The van der Waals surface area contributed by atoms with E-state index in [2.05, 4.69) is 37.5 Å². The summed E-state index contributed by atoms with van der Waals surface area (Å²) in [4.78, 5) is 2.96. The molecule has 2 heteroatoms. The van der Waals surface area contributed by atoms with Crippen molar-refractivity contribution in [1.82, 2.24) is 5.32 Å².